The molecule has 13 heavy (non-hydrogen) atoms. The van der Waals surface area contributed by atoms with E-state index in [4.69, 9.17) is 0 Å². The molecule has 0 saturated heterocycles. The lowest BCUT2D eigenvalue weighted by atomic mass is 10.5. The van der Waals surface area contributed by atoms with Crippen molar-refractivity contribution < 1.29 is 19.1 Å². The van der Waals surface area contributed by atoms with Crippen molar-refractivity contribution in [3.63, 3.8) is 0 Å². The Bertz CT molecular complexity index is 224. The van der Waals surface area contributed by atoms with Gasteiger partial charge in [-0.05, 0) is 13.8 Å². The molecule has 0 aromatic carbocycles. The fourth-order valence-corrected chi connectivity index (χ4v) is 1.20. The number of Topliss-reactive ketones (excluding diaryl/α,β-unsaturated/α-hetero) is 1. The number of esters is 1. The first kappa shape index (κ1) is 12.2. The van der Waals surface area contributed by atoms with Gasteiger partial charge in [-0.2, -0.15) is 0 Å². The van der Waals surface area contributed by atoms with E-state index in [1.165, 1.54) is 13.8 Å². The number of hydrogen-bond acceptors (Lipinski definition) is 5. The first-order valence-corrected chi connectivity index (χ1v) is 4.75. The number of carbonyl (C=O) groups is 3. The van der Waals surface area contributed by atoms with Gasteiger partial charge in [-0.3, -0.25) is 14.4 Å². The molecule has 0 spiro atoms. The molecule has 0 amide bonds. The van der Waals surface area contributed by atoms with Gasteiger partial charge in [0.2, 0.25) is 5.78 Å². The van der Waals surface area contributed by atoms with Crippen molar-refractivity contribution >= 4 is 28.6 Å². The van der Waals surface area contributed by atoms with Gasteiger partial charge in [0.25, 0.3) is 5.12 Å². The fraction of sp³-hybridized carbons (Fsp3) is 0.625. The molecule has 0 rings (SSSR count). The smallest absolute Gasteiger partial charge is 0.319 e. The Hall–Kier alpha value is -0.840. The van der Waals surface area contributed by atoms with Crippen LogP contribution in [-0.2, 0) is 19.1 Å². The van der Waals surface area contributed by atoms with E-state index < -0.39 is 22.1 Å². The molecule has 0 fully saturated rings. The van der Waals surface area contributed by atoms with Crippen LogP contribution in [0.5, 0.6) is 0 Å². The van der Waals surface area contributed by atoms with Gasteiger partial charge in [0, 0.05) is 6.92 Å². The highest BCUT2D eigenvalue weighted by molar-refractivity contribution is 8.16. The Morgan fingerprint density at radius 1 is 1.38 bits per heavy atom. The van der Waals surface area contributed by atoms with Gasteiger partial charge < -0.3 is 4.74 Å². The topological polar surface area (TPSA) is 60.4 Å². The third kappa shape index (κ3) is 4.67. The molecule has 0 saturated carbocycles. The van der Waals surface area contributed by atoms with Crippen molar-refractivity contribution in [3.8, 4) is 0 Å². The molecule has 0 aliphatic heterocycles. The molecular weight excluding hydrogens is 192 g/mol. The summed E-state index contributed by atoms with van der Waals surface area (Å²) < 4.78 is 4.66. The number of ether oxygens (including phenoxy) is 1. The highest BCUT2D eigenvalue weighted by Gasteiger charge is 2.20. The highest BCUT2D eigenvalue weighted by Crippen LogP contribution is 2.13. The monoisotopic (exact) mass is 204 g/mol. The molecule has 0 radical (unpaired) electrons. The minimum Gasteiger partial charge on any atom is -0.465 e. The van der Waals surface area contributed by atoms with Crippen molar-refractivity contribution in [2.24, 2.45) is 0 Å². The average Bonchev–Trinajstić information content (AvgIpc) is 2.04. The quantitative estimate of drug-likeness (QED) is 0.500. The van der Waals surface area contributed by atoms with Crippen LogP contribution in [0.25, 0.3) is 0 Å². The van der Waals surface area contributed by atoms with Gasteiger partial charge in [0.15, 0.2) is 0 Å². The Balaban J connectivity index is 3.99. The lowest BCUT2D eigenvalue weighted by molar-refractivity contribution is -0.142. The molecule has 0 heterocycles. The normalized spacial score (nSPS) is 11.9. The van der Waals surface area contributed by atoms with Crippen LogP contribution < -0.4 is 0 Å². The average molecular weight is 204 g/mol. The van der Waals surface area contributed by atoms with E-state index in [1.54, 1.807) is 6.92 Å². The van der Waals surface area contributed by atoms with E-state index in [0.717, 1.165) is 0 Å². The summed E-state index contributed by atoms with van der Waals surface area (Å²) in [7, 11) is 0. The van der Waals surface area contributed by atoms with Crippen LogP contribution in [-0.4, -0.2) is 28.7 Å². The van der Waals surface area contributed by atoms with Crippen LogP contribution >= 0.6 is 11.8 Å². The minimum absolute atomic E-state index is 0.276. The Morgan fingerprint density at radius 2 is 1.92 bits per heavy atom. The minimum atomic E-state index is -0.614. The first-order chi connectivity index (χ1) is 5.99. The first-order valence-electron chi connectivity index (χ1n) is 3.87. The zero-order valence-electron chi connectivity index (χ0n) is 7.83. The van der Waals surface area contributed by atoms with Gasteiger partial charge in [-0.15, -0.1) is 0 Å². The van der Waals surface area contributed by atoms with Crippen molar-refractivity contribution in [3.05, 3.63) is 0 Å². The number of rotatable bonds is 4. The van der Waals surface area contributed by atoms with Gasteiger partial charge in [-0.1, -0.05) is 11.8 Å². The third-order valence-electron chi connectivity index (χ3n) is 1.19. The van der Waals surface area contributed by atoms with Crippen molar-refractivity contribution in [2.75, 3.05) is 6.61 Å². The maximum Gasteiger partial charge on any atom is 0.319 e. The van der Waals surface area contributed by atoms with E-state index >= 15 is 0 Å². The lowest BCUT2D eigenvalue weighted by Gasteiger charge is -2.07. The van der Waals surface area contributed by atoms with E-state index in [2.05, 4.69) is 4.74 Å². The Labute approximate surface area is 81.0 Å². The lowest BCUT2D eigenvalue weighted by Crippen LogP contribution is -2.20. The van der Waals surface area contributed by atoms with Crippen molar-refractivity contribution in [1.29, 1.82) is 0 Å². The maximum atomic E-state index is 11.0. The summed E-state index contributed by atoms with van der Waals surface area (Å²) in [5.74, 6) is -1.02. The molecule has 0 aromatic heterocycles. The molecule has 4 nitrogen and oxygen atoms in total. The van der Waals surface area contributed by atoms with Crippen LogP contribution in [0.4, 0.5) is 0 Å². The number of thioether (sulfide) groups is 1. The highest BCUT2D eigenvalue weighted by atomic mass is 32.2. The van der Waals surface area contributed by atoms with Crippen LogP contribution in [0.1, 0.15) is 20.8 Å². The summed E-state index contributed by atoms with van der Waals surface area (Å²) in [5, 5.41) is -1.23. The second kappa shape index (κ2) is 5.75. The molecule has 0 aliphatic rings. The van der Waals surface area contributed by atoms with E-state index in [9.17, 15) is 14.4 Å². The van der Waals surface area contributed by atoms with Gasteiger partial charge in [-0.25, -0.2) is 0 Å². The van der Waals surface area contributed by atoms with E-state index in [-0.39, 0.29) is 6.61 Å². The summed E-state index contributed by atoms with van der Waals surface area (Å²) in [6, 6.07) is 0. The summed E-state index contributed by atoms with van der Waals surface area (Å²) >= 11 is 0.693. The maximum absolute atomic E-state index is 11.0. The molecule has 0 unspecified atom stereocenters. The second-order valence-electron chi connectivity index (χ2n) is 2.36. The molecule has 0 bridgehead atoms. The predicted molar refractivity (Wildman–Crippen MR) is 49.4 cm³/mol. The summed E-state index contributed by atoms with van der Waals surface area (Å²) in [6.07, 6.45) is 0. The molecule has 0 aliphatic carbocycles. The van der Waals surface area contributed by atoms with Crippen molar-refractivity contribution in [2.45, 2.75) is 26.0 Å². The second-order valence-corrected chi connectivity index (χ2v) is 3.67. The number of carbonyl (C=O) groups excluding carboxylic acids is 3. The van der Waals surface area contributed by atoms with Crippen LogP contribution in [0.15, 0.2) is 0 Å². The predicted octanol–water partition coefficient (Wildman–Crippen LogP) is 0.787. The van der Waals surface area contributed by atoms with Crippen LogP contribution in [0.3, 0.4) is 0 Å². The summed E-state index contributed by atoms with van der Waals surface area (Å²) in [6.45, 7) is 4.66. The largest absolute Gasteiger partial charge is 0.465 e. The van der Waals surface area contributed by atoms with Gasteiger partial charge >= 0.3 is 5.97 Å². The molecule has 0 aromatic rings. The Kier molecular flexibility index (Phi) is 5.37. The van der Waals surface area contributed by atoms with Crippen LogP contribution in [0, 0.1) is 0 Å². The number of ketones is 1. The van der Waals surface area contributed by atoms with Gasteiger partial charge in [0.1, 0.15) is 5.25 Å². The molecule has 0 N–H and O–H groups in total. The standard InChI is InChI=1S/C8H12O4S/c1-4-12-7(10)6(3)13-8(11)5(2)9/h6H,4H2,1-3H3/t6-/m0/s1. The van der Waals surface area contributed by atoms with Crippen molar-refractivity contribution in [1.82, 2.24) is 0 Å². The summed E-state index contributed by atoms with van der Waals surface area (Å²) in [4.78, 5) is 32.4. The molecule has 74 valence electrons. The SMILES string of the molecule is CCOC(=O)[C@H](C)SC(=O)C(C)=O. The zero-order chi connectivity index (χ0) is 10.4. The van der Waals surface area contributed by atoms with Gasteiger partial charge in [0.05, 0.1) is 6.61 Å². The number of hydrogen-bond donors (Lipinski definition) is 0. The third-order valence-corrected chi connectivity index (χ3v) is 2.24. The fourth-order valence-electron chi connectivity index (χ4n) is 0.551. The molecule has 1 atom stereocenters. The van der Waals surface area contributed by atoms with Crippen LogP contribution in [0.2, 0.25) is 0 Å². The Morgan fingerprint density at radius 3 is 2.31 bits per heavy atom. The molecular formula is C8H12O4S. The zero-order valence-corrected chi connectivity index (χ0v) is 8.64. The van der Waals surface area contributed by atoms with E-state index in [0.29, 0.717) is 11.8 Å². The summed E-state index contributed by atoms with van der Waals surface area (Å²) in [5.41, 5.74) is 0. The van der Waals surface area contributed by atoms with E-state index in [1.807, 2.05) is 0 Å². The molecule has 5 heteroatoms.